The first-order valence-corrected chi connectivity index (χ1v) is 20.4. The summed E-state index contributed by atoms with van der Waals surface area (Å²) in [7, 11) is 0. The van der Waals surface area contributed by atoms with Crippen molar-refractivity contribution in [2.75, 3.05) is 69.9 Å². The van der Waals surface area contributed by atoms with Gasteiger partial charge in [0.15, 0.2) is 0 Å². The first kappa shape index (κ1) is 43.6. The van der Waals surface area contributed by atoms with Crippen LogP contribution in [0, 0.1) is 13.8 Å². The third-order valence-corrected chi connectivity index (χ3v) is 10.8. The Morgan fingerprint density at radius 3 is 2.34 bits per heavy atom. The van der Waals surface area contributed by atoms with Crippen LogP contribution in [0.15, 0.2) is 36.5 Å². The van der Waals surface area contributed by atoms with Gasteiger partial charge in [0.2, 0.25) is 23.7 Å². The molecule has 3 aliphatic rings. The molecule has 4 heterocycles. The predicted molar refractivity (Wildman–Crippen MR) is 219 cm³/mol. The lowest BCUT2D eigenvalue weighted by atomic mass is 9.86. The molecule has 316 valence electrons. The molecule has 0 saturated carbocycles. The summed E-state index contributed by atoms with van der Waals surface area (Å²) in [6, 6.07) is 7.74. The maximum atomic E-state index is 13.2. The maximum Gasteiger partial charge on any atom is 0.264 e. The lowest BCUT2D eigenvalue weighted by Gasteiger charge is -2.33. The number of fused-ring (bicyclic) bond motifs is 1. The summed E-state index contributed by atoms with van der Waals surface area (Å²) in [5.41, 5.74) is 4.30. The highest BCUT2D eigenvalue weighted by molar-refractivity contribution is 6.31. The number of hydrogen-bond donors (Lipinski definition) is 3. The summed E-state index contributed by atoms with van der Waals surface area (Å²) in [5.74, 6) is -1.21. The van der Waals surface area contributed by atoms with E-state index in [2.05, 4.69) is 49.9 Å². The SMILES string of the molecule is Cc1cc(Nc2ncc(Cl)c(C)n2)c(OC(C)C)cc1C1CCN(CCOCCOCCOCCC(=O)Nc2cccc3c2C(=O)N(C2CCC(=O)NC2=O)C3=O)CC1. The predicted octanol–water partition coefficient (Wildman–Crippen LogP) is 4.94. The summed E-state index contributed by atoms with van der Waals surface area (Å²) >= 11 is 6.13. The number of hydrogen-bond acceptors (Lipinski definition) is 13. The molecule has 2 saturated heterocycles. The van der Waals surface area contributed by atoms with Crippen LogP contribution < -0.4 is 20.7 Å². The van der Waals surface area contributed by atoms with Gasteiger partial charge in [-0.3, -0.25) is 34.2 Å². The molecule has 0 spiro atoms. The van der Waals surface area contributed by atoms with E-state index in [4.69, 9.17) is 30.5 Å². The van der Waals surface area contributed by atoms with Gasteiger partial charge in [0, 0.05) is 13.0 Å². The van der Waals surface area contributed by atoms with E-state index in [1.165, 1.54) is 23.3 Å². The summed E-state index contributed by atoms with van der Waals surface area (Å²) < 4.78 is 23.2. The molecule has 6 rings (SSSR count). The Labute approximate surface area is 348 Å². The van der Waals surface area contributed by atoms with Gasteiger partial charge < -0.3 is 34.5 Å². The van der Waals surface area contributed by atoms with Crippen LogP contribution in [0.1, 0.15) is 89.4 Å². The van der Waals surface area contributed by atoms with Crippen molar-refractivity contribution < 1.29 is 42.9 Å². The van der Waals surface area contributed by atoms with Crippen LogP contribution in [0.25, 0.3) is 0 Å². The minimum atomic E-state index is -1.09. The van der Waals surface area contributed by atoms with Crippen LogP contribution in [-0.4, -0.2) is 121 Å². The molecule has 0 aliphatic carbocycles. The van der Waals surface area contributed by atoms with E-state index in [0.29, 0.717) is 49.0 Å². The molecule has 3 N–H and O–H groups in total. The fourth-order valence-corrected chi connectivity index (χ4v) is 7.52. The van der Waals surface area contributed by atoms with Crippen molar-refractivity contribution in [3.05, 3.63) is 69.5 Å². The van der Waals surface area contributed by atoms with Gasteiger partial charge >= 0.3 is 0 Å². The molecule has 0 bridgehead atoms. The summed E-state index contributed by atoms with van der Waals surface area (Å²) in [4.78, 5) is 74.9. The number of likely N-dealkylation sites (tertiary alicyclic amines) is 1. The van der Waals surface area contributed by atoms with Crippen molar-refractivity contribution in [1.82, 2.24) is 25.1 Å². The molecule has 1 atom stereocenters. The largest absolute Gasteiger partial charge is 0.489 e. The Morgan fingerprint density at radius 2 is 1.64 bits per heavy atom. The van der Waals surface area contributed by atoms with E-state index in [0.717, 1.165) is 48.8 Å². The highest BCUT2D eigenvalue weighted by Gasteiger charge is 2.45. The summed E-state index contributed by atoms with van der Waals surface area (Å²) in [5, 5.41) is 8.69. The second-order valence-electron chi connectivity index (χ2n) is 15.1. The van der Waals surface area contributed by atoms with Crippen LogP contribution in [0.2, 0.25) is 5.02 Å². The first-order chi connectivity index (χ1) is 28.4. The monoisotopic (exact) mass is 833 g/mol. The Morgan fingerprint density at radius 1 is 0.932 bits per heavy atom. The van der Waals surface area contributed by atoms with Crippen molar-refractivity contribution in [2.45, 2.75) is 77.9 Å². The lowest BCUT2D eigenvalue weighted by molar-refractivity contribution is -0.136. The number of anilines is 3. The van der Waals surface area contributed by atoms with Crippen molar-refractivity contribution in [2.24, 2.45) is 0 Å². The summed E-state index contributed by atoms with van der Waals surface area (Å²) in [6.07, 6.45) is 3.76. The molecule has 0 radical (unpaired) electrons. The van der Waals surface area contributed by atoms with Gasteiger partial charge in [0.25, 0.3) is 11.8 Å². The van der Waals surface area contributed by atoms with Gasteiger partial charge in [-0.15, -0.1) is 0 Å². The van der Waals surface area contributed by atoms with E-state index in [-0.39, 0.29) is 55.4 Å². The molecule has 59 heavy (non-hydrogen) atoms. The van der Waals surface area contributed by atoms with Crippen LogP contribution >= 0.6 is 11.6 Å². The zero-order chi connectivity index (χ0) is 42.1. The average molecular weight is 834 g/mol. The number of carbonyl (C=O) groups excluding carboxylic acids is 5. The van der Waals surface area contributed by atoms with E-state index in [1.54, 1.807) is 12.3 Å². The van der Waals surface area contributed by atoms with E-state index >= 15 is 0 Å². The molecule has 1 unspecified atom stereocenters. The van der Waals surface area contributed by atoms with Crippen LogP contribution in [0.3, 0.4) is 0 Å². The number of benzene rings is 2. The Kier molecular flexibility index (Phi) is 15.0. The second-order valence-corrected chi connectivity index (χ2v) is 15.5. The molecule has 3 aliphatic heterocycles. The van der Waals surface area contributed by atoms with Crippen LogP contribution in [0.5, 0.6) is 5.75 Å². The second kappa shape index (κ2) is 20.3. The zero-order valence-electron chi connectivity index (χ0n) is 33.9. The van der Waals surface area contributed by atoms with Gasteiger partial charge in [-0.05, 0) is 101 Å². The third kappa shape index (κ3) is 11.2. The molecule has 2 fully saturated rings. The number of aryl methyl sites for hydroxylation is 2. The molecular formula is C42H52ClN7O9. The fourth-order valence-electron chi connectivity index (χ4n) is 7.43. The quantitative estimate of drug-likeness (QED) is 0.109. The van der Waals surface area contributed by atoms with Gasteiger partial charge in [0.05, 0.1) is 91.6 Å². The van der Waals surface area contributed by atoms with E-state index in [9.17, 15) is 24.0 Å². The molecule has 16 nitrogen and oxygen atoms in total. The summed E-state index contributed by atoms with van der Waals surface area (Å²) in [6.45, 7) is 13.1. The molecule has 1 aromatic heterocycles. The minimum Gasteiger partial charge on any atom is -0.489 e. The van der Waals surface area contributed by atoms with E-state index < -0.39 is 35.6 Å². The number of ether oxygens (including phenoxy) is 4. The third-order valence-electron chi connectivity index (χ3n) is 10.4. The number of halogens is 1. The van der Waals surface area contributed by atoms with E-state index in [1.807, 2.05) is 20.8 Å². The number of nitrogens with one attached hydrogen (secondary N) is 3. The normalized spacial score (nSPS) is 17.4. The number of amides is 5. The number of rotatable bonds is 19. The lowest BCUT2D eigenvalue weighted by Crippen LogP contribution is -2.54. The Balaban J connectivity index is 0.830. The number of nitrogens with zero attached hydrogens (tertiary/aromatic N) is 4. The van der Waals surface area contributed by atoms with Gasteiger partial charge in [-0.25, -0.2) is 9.97 Å². The molecule has 17 heteroatoms. The van der Waals surface area contributed by atoms with Crippen molar-refractivity contribution >= 4 is 58.5 Å². The Bertz CT molecular complexity index is 2040. The van der Waals surface area contributed by atoms with Crippen LogP contribution in [0.4, 0.5) is 17.3 Å². The topological polar surface area (TPSA) is 191 Å². The maximum absolute atomic E-state index is 13.2. The van der Waals surface area contributed by atoms with Crippen molar-refractivity contribution in [3.63, 3.8) is 0 Å². The highest BCUT2D eigenvalue weighted by Crippen LogP contribution is 2.38. The number of imide groups is 2. The molecular weight excluding hydrogens is 782 g/mol. The molecule has 2 aromatic carbocycles. The number of aromatic nitrogens is 2. The number of carbonyl (C=O) groups is 5. The number of piperidine rings is 2. The smallest absolute Gasteiger partial charge is 0.264 e. The van der Waals surface area contributed by atoms with Gasteiger partial charge in [-0.2, -0.15) is 0 Å². The first-order valence-electron chi connectivity index (χ1n) is 20.1. The van der Waals surface area contributed by atoms with Crippen LogP contribution in [-0.2, 0) is 28.6 Å². The molecule has 3 aromatic rings. The van der Waals surface area contributed by atoms with Crippen molar-refractivity contribution in [1.29, 1.82) is 0 Å². The fraction of sp³-hybridized carbons (Fsp3) is 0.500. The molecule has 5 amide bonds. The highest BCUT2D eigenvalue weighted by atomic mass is 35.5. The standard InChI is InChI=1S/C42H52ClN7O9/c1-25(2)59-35-23-30(26(3)22-33(35)47-42-44-24-31(43)27(4)45-42)28-10-13-49(14-11-28)15-17-57-19-21-58-20-18-56-16-12-37(52)46-32-7-5-6-29-38(32)41(55)50(40(29)54)34-8-9-36(51)48-39(34)53/h5-7,22-25,28,34H,8-21H2,1-4H3,(H,46,52)(H,44,45,47)(H,48,51,53). The van der Waals surface area contributed by atoms with Gasteiger partial charge in [-0.1, -0.05) is 17.7 Å². The van der Waals surface area contributed by atoms with Crippen molar-refractivity contribution in [3.8, 4) is 5.75 Å². The average Bonchev–Trinajstić information content (AvgIpc) is 3.45. The minimum absolute atomic E-state index is 0.00442. The zero-order valence-corrected chi connectivity index (χ0v) is 34.7. The van der Waals surface area contributed by atoms with Gasteiger partial charge in [0.1, 0.15) is 11.8 Å². The Hall–Kier alpha value is -5.00.